The minimum absolute atomic E-state index is 0.0326. The summed E-state index contributed by atoms with van der Waals surface area (Å²) in [7, 11) is 0. The number of carbonyl (C=O) groups excluding carboxylic acids is 2. The Bertz CT molecular complexity index is 579. The number of benzene rings is 1. The lowest BCUT2D eigenvalue weighted by Crippen LogP contribution is -2.49. The van der Waals surface area contributed by atoms with E-state index in [-0.39, 0.29) is 24.3 Å². The van der Waals surface area contributed by atoms with Crippen molar-refractivity contribution in [3.05, 3.63) is 29.3 Å². The lowest BCUT2D eigenvalue weighted by molar-refractivity contribution is -0.131. The van der Waals surface area contributed by atoms with Gasteiger partial charge in [-0.05, 0) is 25.0 Å². The highest BCUT2D eigenvalue weighted by Crippen LogP contribution is 2.30. The number of rotatable bonds is 6. The van der Waals surface area contributed by atoms with Gasteiger partial charge in [-0.15, -0.1) is 0 Å². The molecule has 1 saturated heterocycles. The van der Waals surface area contributed by atoms with Crippen molar-refractivity contribution in [2.75, 3.05) is 18.0 Å². The normalized spacial score (nSPS) is 18.3. The zero-order valence-electron chi connectivity index (χ0n) is 13.6. The van der Waals surface area contributed by atoms with Crippen molar-refractivity contribution in [1.82, 2.24) is 5.32 Å². The summed E-state index contributed by atoms with van der Waals surface area (Å²) in [5, 5.41) is 3.53. The zero-order chi connectivity index (χ0) is 17.0. The molecule has 1 atom stereocenters. The van der Waals surface area contributed by atoms with Gasteiger partial charge in [0.25, 0.3) is 0 Å². The van der Waals surface area contributed by atoms with Gasteiger partial charge < -0.3 is 16.0 Å². The van der Waals surface area contributed by atoms with E-state index in [0.29, 0.717) is 36.6 Å². The lowest BCUT2D eigenvalue weighted by Gasteiger charge is -2.30. The molecule has 0 bridgehead atoms. The summed E-state index contributed by atoms with van der Waals surface area (Å²) in [5.41, 5.74) is 5.95. The number of amides is 2. The Balaban J connectivity index is 2.09. The first-order valence-corrected chi connectivity index (χ1v) is 8.41. The Labute approximate surface area is 142 Å². The molecular formula is C17H24ClN3O2. The summed E-state index contributed by atoms with van der Waals surface area (Å²) in [5.74, 6) is -0.0986. The van der Waals surface area contributed by atoms with Crippen molar-refractivity contribution in [3.8, 4) is 0 Å². The summed E-state index contributed by atoms with van der Waals surface area (Å²) in [4.78, 5) is 26.5. The molecule has 2 rings (SSSR count). The van der Waals surface area contributed by atoms with E-state index in [1.54, 1.807) is 11.0 Å². The SMILES string of the molecule is CCC(CC)(CN)C(=O)NC1CC(=O)N(c2ccccc2Cl)C1. The van der Waals surface area contributed by atoms with Gasteiger partial charge in [0.05, 0.1) is 22.2 Å². The monoisotopic (exact) mass is 337 g/mol. The van der Waals surface area contributed by atoms with Crippen molar-refractivity contribution >= 4 is 29.1 Å². The summed E-state index contributed by atoms with van der Waals surface area (Å²) in [6, 6.07) is 7.02. The second-order valence-electron chi connectivity index (χ2n) is 6.02. The number of hydrogen-bond donors (Lipinski definition) is 2. The molecule has 1 aliphatic rings. The van der Waals surface area contributed by atoms with Gasteiger partial charge in [0, 0.05) is 19.5 Å². The molecule has 1 fully saturated rings. The number of halogens is 1. The second-order valence-corrected chi connectivity index (χ2v) is 6.43. The number of hydrogen-bond acceptors (Lipinski definition) is 3. The number of anilines is 1. The van der Waals surface area contributed by atoms with Crippen LogP contribution in [0.15, 0.2) is 24.3 Å². The molecule has 0 radical (unpaired) electrons. The van der Waals surface area contributed by atoms with Crippen LogP contribution in [-0.4, -0.2) is 30.9 Å². The average molecular weight is 338 g/mol. The molecule has 2 amide bonds. The van der Waals surface area contributed by atoms with Gasteiger partial charge in [-0.1, -0.05) is 37.6 Å². The first-order valence-electron chi connectivity index (χ1n) is 8.03. The van der Waals surface area contributed by atoms with E-state index in [2.05, 4.69) is 5.32 Å². The van der Waals surface area contributed by atoms with Crippen LogP contribution in [0.5, 0.6) is 0 Å². The van der Waals surface area contributed by atoms with Crippen LogP contribution < -0.4 is 16.0 Å². The zero-order valence-corrected chi connectivity index (χ0v) is 14.4. The van der Waals surface area contributed by atoms with Crippen LogP contribution in [0.3, 0.4) is 0 Å². The van der Waals surface area contributed by atoms with Crippen LogP contribution >= 0.6 is 11.6 Å². The third-order valence-corrected chi connectivity index (χ3v) is 5.15. The average Bonchev–Trinajstić information content (AvgIpc) is 2.90. The van der Waals surface area contributed by atoms with E-state index >= 15 is 0 Å². The summed E-state index contributed by atoms with van der Waals surface area (Å²) >= 11 is 6.17. The molecular weight excluding hydrogens is 314 g/mol. The highest BCUT2D eigenvalue weighted by Gasteiger charge is 2.38. The quantitative estimate of drug-likeness (QED) is 0.836. The third kappa shape index (κ3) is 3.51. The Morgan fingerprint density at radius 2 is 2.04 bits per heavy atom. The first kappa shape index (κ1) is 17.8. The standard InChI is InChI=1S/C17H24ClN3O2/c1-3-17(4-2,11-19)16(23)20-12-9-15(22)21(10-12)14-8-6-5-7-13(14)18/h5-8,12H,3-4,9-11,19H2,1-2H3,(H,20,23). The number of carbonyl (C=O) groups is 2. The minimum atomic E-state index is -0.555. The molecule has 23 heavy (non-hydrogen) atoms. The van der Waals surface area contributed by atoms with Crippen LogP contribution in [0, 0.1) is 5.41 Å². The molecule has 3 N–H and O–H groups in total. The number of para-hydroxylation sites is 1. The fraction of sp³-hybridized carbons (Fsp3) is 0.529. The number of nitrogens with zero attached hydrogens (tertiary/aromatic N) is 1. The van der Waals surface area contributed by atoms with Crippen LogP contribution in [0.2, 0.25) is 5.02 Å². The Hall–Kier alpha value is -1.59. The first-order chi connectivity index (χ1) is 11.0. The highest BCUT2D eigenvalue weighted by atomic mass is 35.5. The molecule has 0 saturated carbocycles. The van der Waals surface area contributed by atoms with E-state index in [9.17, 15) is 9.59 Å². The molecule has 1 unspecified atom stereocenters. The van der Waals surface area contributed by atoms with E-state index in [1.807, 2.05) is 32.0 Å². The molecule has 0 aliphatic carbocycles. The third-order valence-electron chi connectivity index (χ3n) is 4.83. The fourth-order valence-electron chi connectivity index (χ4n) is 3.00. The molecule has 1 heterocycles. The predicted octanol–water partition coefficient (Wildman–Crippen LogP) is 2.33. The Kier molecular flexibility index (Phi) is 5.65. The van der Waals surface area contributed by atoms with Gasteiger partial charge in [-0.3, -0.25) is 9.59 Å². The number of nitrogens with two attached hydrogens (primary N) is 1. The lowest BCUT2D eigenvalue weighted by atomic mass is 9.81. The van der Waals surface area contributed by atoms with Crippen molar-refractivity contribution in [2.45, 2.75) is 39.2 Å². The highest BCUT2D eigenvalue weighted by molar-refractivity contribution is 6.33. The molecule has 5 nitrogen and oxygen atoms in total. The summed E-state index contributed by atoms with van der Waals surface area (Å²) in [6.45, 7) is 4.67. The van der Waals surface area contributed by atoms with Crippen molar-refractivity contribution in [1.29, 1.82) is 0 Å². The minimum Gasteiger partial charge on any atom is -0.351 e. The largest absolute Gasteiger partial charge is 0.351 e. The fourth-order valence-corrected chi connectivity index (χ4v) is 3.24. The second kappa shape index (κ2) is 7.32. The Morgan fingerprint density at radius 3 is 2.61 bits per heavy atom. The molecule has 1 aromatic rings. The maximum atomic E-state index is 12.6. The smallest absolute Gasteiger partial charge is 0.229 e. The van der Waals surface area contributed by atoms with Crippen molar-refractivity contribution in [2.24, 2.45) is 11.1 Å². The van der Waals surface area contributed by atoms with Gasteiger partial charge in [-0.25, -0.2) is 0 Å². The number of nitrogens with one attached hydrogen (secondary N) is 1. The van der Waals surface area contributed by atoms with Crippen LogP contribution in [0.1, 0.15) is 33.1 Å². The molecule has 0 spiro atoms. The van der Waals surface area contributed by atoms with Gasteiger partial charge in [0.15, 0.2) is 0 Å². The van der Waals surface area contributed by atoms with Crippen LogP contribution in [-0.2, 0) is 9.59 Å². The maximum Gasteiger partial charge on any atom is 0.229 e. The van der Waals surface area contributed by atoms with Gasteiger partial charge in [0.2, 0.25) is 11.8 Å². The van der Waals surface area contributed by atoms with E-state index in [4.69, 9.17) is 17.3 Å². The predicted molar refractivity (Wildman–Crippen MR) is 92.4 cm³/mol. The van der Waals surface area contributed by atoms with Crippen molar-refractivity contribution in [3.63, 3.8) is 0 Å². The topological polar surface area (TPSA) is 75.4 Å². The summed E-state index contributed by atoms with van der Waals surface area (Å²) < 4.78 is 0. The Morgan fingerprint density at radius 1 is 1.39 bits per heavy atom. The molecule has 6 heteroatoms. The summed E-state index contributed by atoms with van der Waals surface area (Å²) in [6.07, 6.45) is 1.65. The van der Waals surface area contributed by atoms with E-state index < -0.39 is 5.41 Å². The van der Waals surface area contributed by atoms with Crippen molar-refractivity contribution < 1.29 is 9.59 Å². The molecule has 126 valence electrons. The van der Waals surface area contributed by atoms with Crippen LogP contribution in [0.25, 0.3) is 0 Å². The van der Waals surface area contributed by atoms with Gasteiger partial charge in [0.1, 0.15) is 0 Å². The molecule has 0 aromatic heterocycles. The van der Waals surface area contributed by atoms with Gasteiger partial charge >= 0.3 is 0 Å². The van der Waals surface area contributed by atoms with E-state index in [0.717, 1.165) is 0 Å². The maximum absolute atomic E-state index is 12.6. The van der Waals surface area contributed by atoms with Crippen LogP contribution in [0.4, 0.5) is 5.69 Å². The molecule has 1 aromatic carbocycles. The van der Waals surface area contributed by atoms with Gasteiger partial charge in [-0.2, -0.15) is 0 Å². The van der Waals surface area contributed by atoms with E-state index in [1.165, 1.54) is 0 Å². The molecule has 1 aliphatic heterocycles.